The molecule has 0 unspecified atom stereocenters. The summed E-state index contributed by atoms with van der Waals surface area (Å²) in [4.78, 5) is 4.98. The number of ether oxygens (including phenoxy) is 2. The molecule has 2 fully saturated rings. The van der Waals surface area contributed by atoms with Gasteiger partial charge in [-0.1, -0.05) is 30.3 Å². The molecule has 0 saturated carbocycles. The number of piperazine rings is 1. The van der Waals surface area contributed by atoms with Crippen molar-refractivity contribution in [2.24, 2.45) is 0 Å². The maximum absolute atomic E-state index is 5.55. The van der Waals surface area contributed by atoms with Crippen LogP contribution in [0.4, 0.5) is 0 Å². The summed E-state index contributed by atoms with van der Waals surface area (Å²) in [6.45, 7) is 5.87. The Balaban J connectivity index is 1.63. The highest BCUT2D eigenvalue weighted by Crippen LogP contribution is 2.25. The Morgan fingerprint density at radius 3 is 2.60 bits per heavy atom. The van der Waals surface area contributed by atoms with E-state index in [1.165, 1.54) is 5.56 Å². The SMILES string of the molecule is CN1CCN(CCC2OCCO2)[C@H](c2ccccc2)C1. The second-order valence-corrected chi connectivity index (χ2v) is 5.68. The zero-order valence-electron chi connectivity index (χ0n) is 12.2. The van der Waals surface area contributed by atoms with Gasteiger partial charge in [-0.15, -0.1) is 0 Å². The van der Waals surface area contributed by atoms with E-state index in [9.17, 15) is 0 Å². The summed E-state index contributed by atoms with van der Waals surface area (Å²) < 4.78 is 11.1. The molecular weight excluding hydrogens is 252 g/mol. The minimum Gasteiger partial charge on any atom is -0.350 e. The predicted molar refractivity (Wildman–Crippen MR) is 78.6 cm³/mol. The summed E-state index contributed by atoms with van der Waals surface area (Å²) >= 11 is 0. The standard InChI is InChI=1S/C16H24N2O2/c1-17-9-10-18(8-7-16-19-11-12-20-16)15(13-17)14-5-3-2-4-6-14/h2-6,15-16H,7-13H2,1H3/t15-/m0/s1. The molecule has 1 aromatic rings. The minimum atomic E-state index is 0.00563. The third-order valence-electron chi connectivity index (χ3n) is 4.22. The Hall–Kier alpha value is -0.940. The molecule has 0 aromatic heterocycles. The molecule has 2 saturated heterocycles. The number of rotatable bonds is 4. The monoisotopic (exact) mass is 276 g/mol. The molecule has 0 radical (unpaired) electrons. The van der Waals surface area contributed by atoms with Gasteiger partial charge in [0.2, 0.25) is 0 Å². The third-order valence-corrected chi connectivity index (χ3v) is 4.22. The van der Waals surface area contributed by atoms with Gasteiger partial charge in [0.05, 0.1) is 13.2 Å². The van der Waals surface area contributed by atoms with Gasteiger partial charge in [-0.2, -0.15) is 0 Å². The van der Waals surface area contributed by atoms with Gasteiger partial charge in [0, 0.05) is 38.6 Å². The fraction of sp³-hybridized carbons (Fsp3) is 0.625. The summed E-state index contributed by atoms with van der Waals surface area (Å²) in [6, 6.07) is 11.3. The first kappa shape index (κ1) is 14.0. The number of benzene rings is 1. The number of nitrogens with zero attached hydrogens (tertiary/aromatic N) is 2. The van der Waals surface area contributed by atoms with Crippen LogP contribution in [-0.2, 0) is 9.47 Å². The van der Waals surface area contributed by atoms with Crippen molar-refractivity contribution < 1.29 is 9.47 Å². The highest BCUT2D eigenvalue weighted by Gasteiger charge is 2.27. The van der Waals surface area contributed by atoms with Crippen LogP contribution in [0.15, 0.2) is 30.3 Å². The van der Waals surface area contributed by atoms with Crippen molar-refractivity contribution in [2.45, 2.75) is 18.8 Å². The lowest BCUT2D eigenvalue weighted by atomic mass is 10.0. The van der Waals surface area contributed by atoms with E-state index in [0.717, 1.165) is 45.8 Å². The molecule has 0 N–H and O–H groups in total. The van der Waals surface area contributed by atoms with Gasteiger partial charge in [0.25, 0.3) is 0 Å². The summed E-state index contributed by atoms with van der Waals surface area (Å²) in [5.41, 5.74) is 1.41. The zero-order chi connectivity index (χ0) is 13.8. The molecule has 20 heavy (non-hydrogen) atoms. The van der Waals surface area contributed by atoms with Gasteiger partial charge in [0.15, 0.2) is 6.29 Å². The fourth-order valence-electron chi connectivity index (χ4n) is 3.06. The van der Waals surface area contributed by atoms with E-state index in [0.29, 0.717) is 6.04 Å². The molecule has 0 bridgehead atoms. The minimum absolute atomic E-state index is 0.00563. The van der Waals surface area contributed by atoms with Crippen LogP contribution in [-0.4, -0.2) is 62.5 Å². The van der Waals surface area contributed by atoms with Crippen LogP contribution < -0.4 is 0 Å². The Morgan fingerprint density at radius 1 is 1.10 bits per heavy atom. The van der Waals surface area contributed by atoms with Crippen LogP contribution in [0.25, 0.3) is 0 Å². The average Bonchev–Trinajstić information content (AvgIpc) is 3.00. The van der Waals surface area contributed by atoms with E-state index >= 15 is 0 Å². The molecule has 0 amide bonds. The van der Waals surface area contributed by atoms with Crippen molar-refractivity contribution in [3.05, 3.63) is 35.9 Å². The molecule has 0 aliphatic carbocycles. The number of likely N-dealkylation sites (N-methyl/N-ethyl adjacent to an activating group) is 1. The van der Waals surface area contributed by atoms with Crippen molar-refractivity contribution >= 4 is 0 Å². The Kier molecular flexibility index (Phi) is 4.68. The summed E-state index contributed by atoms with van der Waals surface area (Å²) in [7, 11) is 2.20. The Morgan fingerprint density at radius 2 is 1.85 bits per heavy atom. The molecule has 2 aliphatic rings. The lowest BCUT2D eigenvalue weighted by Gasteiger charge is -2.40. The van der Waals surface area contributed by atoms with Crippen molar-refractivity contribution in [1.29, 1.82) is 0 Å². The second kappa shape index (κ2) is 6.68. The number of hydrogen-bond donors (Lipinski definition) is 0. The molecule has 4 heteroatoms. The molecule has 2 aliphatic heterocycles. The van der Waals surface area contributed by atoms with Crippen molar-refractivity contribution in [2.75, 3.05) is 46.4 Å². The highest BCUT2D eigenvalue weighted by molar-refractivity contribution is 5.20. The molecule has 1 aromatic carbocycles. The normalized spacial score (nSPS) is 26.1. The third kappa shape index (κ3) is 3.38. The molecule has 4 nitrogen and oxygen atoms in total. The molecule has 110 valence electrons. The summed E-state index contributed by atoms with van der Waals surface area (Å²) in [6.07, 6.45) is 0.971. The second-order valence-electron chi connectivity index (χ2n) is 5.68. The summed E-state index contributed by atoms with van der Waals surface area (Å²) in [5, 5.41) is 0. The van der Waals surface area contributed by atoms with E-state index in [2.05, 4.69) is 47.2 Å². The molecular formula is C16H24N2O2. The van der Waals surface area contributed by atoms with E-state index < -0.39 is 0 Å². The van der Waals surface area contributed by atoms with Gasteiger partial charge in [-0.25, -0.2) is 0 Å². The van der Waals surface area contributed by atoms with Gasteiger partial charge < -0.3 is 14.4 Å². The lowest BCUT2D eigenvalue weighted by Crippen LogP contribution is -2.47. The highest BCUT2D eigenvalue weighted by atomic mass is 16.7. The lowest BCUT2D eigenvalue weighted by molar-refractivity contribution is -0.0564. The van der Waals surface area contributed by atoms with Crippen LogP contribution in [0.5, 0.6) is 0 Å². The first-order chi connectivity index (χ1) is 9.83. The number of hydrogen-bond acceptors (Lipinski definition) is 4. The predicted octanol–water partition coefficient (Wildman–Crippen LogP) is 1.74. The van der Waals surface area contributed by atoms with E-state index in [1.54, 1.807) is 0 Å². The fourth-order valence-corrected chi connectivity index (χ4v) is 3.06. The van der Waals surface area contributed by atoms with E-state index in [4.69, 9.17) is 9.47 Å². The Bertz CT molecular complexity index is 406. The topological polar surface area (TPSA) is 24.9 Å². The van der Waals surface area contributed by atoms with Crippen LogP contribution in [0.3, 0.4) is 0 Å². The van der Waals surface area contributed by atoms with Crippen LogP contribution in [0.1, 0.15) is 18.0 Å². The van der Waals surface area contributed by atoms with Crippen molar-refractivity contribution in [1.82, 2.24) is 9.80 Å². The molecule has 1 atom stereocenters. The zero-order valence-corrected chi connectivity index (χ0v) is 12.2. The first-order valence-corrected chi connectivity index (χ1v) is 7.53. The van der Waals surface area contributed by atoms with Crippen LogP contribution >= 0.6 is 0 Å². The maximum Gasteiger partial charge on any atom is 0.159 e. The van der Waals surface area contributed by atoms with E-state index in [1.807, 2.05) is 0 Å². The maximum atomic E-state index is 5.55. The molecule has 3 rings (SSSR count). The quantitative estimate of drug-likeness (QED) is 0.836. The van der Waals surface area contributed by atoms with Crippen molar-refractivity contribution in [3.63, 3.8) is 0 Å². The van der Waals surface area contributed by atoms with Crippen LogP contribution in [0, 0.1) is 0 Å². The van der Waals surface area contributed by atoms with Crippen molar-refractivity contribution in [3.8, 4) is 0 Å². The molecule has 0 spiro atoms. The first-order valence-electron chi connectivity index (χ1n) is 7.53. The van der Waals surface area contributed by atoms with Gasteiger partial charge in [-0.3, -0.25) is 4.90 Å². The molecule has 2 heterocycles. The van der Waals surface area contributed by atoms with Gasteiger partial charge in [-0.05, 0) is 12.6 Å². The Labute approximate surface area is 121 Å². The largest absolute Gasteiger partial charge is 0.350 e. The summed E-state index contributed by atoms with van der Waals surface area (Å²) in [5.74, 6) is 0. The van der Waals surface area contributed by atoms with Gasteiger partial charge in [0.1, 0.15) is 0 Å². The average molecular weight is 276 g/mol. The smallest absolute Gasteiger partial charge is 0.159 e. The van der Waals surface area contributed by atoms with Gasteiger partial charge >= 0.3 is 0 Å². The van der Waals surface area contributed by atoms with E-state index in [-0.39, 0.29) is 6.29 Å². The van der Waals surface area contributed by atoms with Crippen LogP contribution in [0.2, 0.25) is 0 Å².